The Balaban J connectivity index is 0.841. The summed E-state index contributed by atoms with van der Waals surface area (Å²) in [5, 5.41) is 8.02. The molecule has 65 heavy (non-hydrogen) atoms. The van der Waals surface area contributed by atoms with Crippen LogP contribution in [0, 0.1) is 30.3 Å². The lowest BCUT2D eigenvalue weighted by molar-refractivity contribution is -0.136. The molecule has 15 nitrogen and oxygen atoms in total. The van der Waals surface area contributed by atoms with Gasteiger partial charge in [0, 0.05) is 92.1 Å². The van der Waals surface area contributed by atoms with Gasteiger partial charge >= 0.3 is 0 Å². The Hall–Kier alpha value is -7.05. The van der Waals surface area contributed by atoms with Gasteiger partial charge in [-0.05, 0) is 98.8 Å². The first-order valence-electron chi connectivity index (χ1n) is 24.7. The smallest absolute Gasteiger partial charge is 0.265 e. The number of amides is 5. The fourth-order valence-electron chi connectivity index (χ4n) is 8.13. The lowest BCUT2D eigenvalue weighted by Gasteiger charge is -2.39. The van der Waals surface area contributed by atoms with Gasteiger partial charge in [0.1, 0.15) is 11.7 Å². The first kappa shape index (κ1) is 34.4. The van der Waals surface area contributed by atoms with Gasteiger partial charge in [0.15, 0.2) is 17.5 Å². The number of imide groups is 2. The van der Waals surface area contributed by atoms with E-state index >= 15 is 13.2 Å². The van der Waals surface area contributed by atoms with E-state index in [2.05, 4.69) is 30.5 Å². The predicted molar refractivity (Wildman–Crippen MR) is 234 cm³/mol. The number of nitrogens with zero attached hydrogens (tertiary/aromatic N) is 7. The summed E-state index contributed by atoms with van der Waals surface area (Å²) < 4.78 is 120. The van der Waals surface area contributed by atoms with E-state index in [4.69, 9.17) is 11.0 Å². The van der Waals surface area contributed by atoms with Crippen LogP contribution in [0.4, 0.5) is 36.2 Å². The van der Waals surface area contributed by atoms with Gasteiger partial charge in [0.2, 0.25) is 17.8 Å². The number of aromatic nitrogens is 3. The van der Waals surface area contributed by atoms with Crippen LogP contribution in [0.5, 0.6) is 0 Å². The van der Waals surface area contributed by atoms with Gasteiger partial charge in [-0.3, -0.25) is 49.0 Å². The van der Waals surface area contributed by atoms with Crippen molar-refractivity contribution in [3.63, 3.8) is 0 Å². The van der Waals surface area contributed by atoms with Crippen LogP contribution in [0.25, 0.3) is 11.3 Å². The number of pyridine rings is 1. The van der Waals surface area contributed by atoms with E-state index in [9.17, 15) is 24.0 Å². The number of likely N-dealkylation sites (tertiary alicyclic amines) is 1. The average Bonchev–Trinajstić information content (AvgIpc) is 3.61. The molecule has 6 heterocycles. The van der Waals surface area contributed by atoms with Crippen LogP contribution in [0.2, 0.25) is 0 Å². The van der Waals surface area contributed by atoms with E-state index in [1.165, 1.54) is 0 Å². The second kappa shape index (κ2) is 18.2. The summed E-state index contributed by atoms with van der Waals surface area (Å²) in [6.07, 6.45) is 4.81. The first-order chi connectivity index (χ1) is 34.4. The molecule has 3 saturated heterocycles. The van der Waals surface area contributed by atoms with Crippen LogP contribution in [-0.2, 0) is 16.1 Å². The maximum atomic E-state index is 16.6. The molecular formula is C47H45F3N10O5. The number of anilines is 4. The third-order valence-electron chi connectivity index (χ3n) is 11.6. The lowest BCUT2D eigenvalue weighted by Crippen LogP contribution is -2.54. The molecule has 2 aromatic heterocycles. The molecular weight excluding hydrogens is 842 g/mol. The van der Waals surface area contributed by atoms with Gasteiger partial charge in [0.25, 0.3) is 17.7 Å². The molecule has 3 aromatic carbocycles. The molecule has 18 heteroatoms. The summed E-state index contributed by atoms with van der Waals surface area (Å²) in [7, 11) is 0. The molecule has 334 valence electrons. The van der Waals surface area contributed by atoms with Crippen molar-refractivity contribution in [1.82, 2.24) is 35.0 Å². The molecule has 3 fully saturated rings. The molecule has 1 atom stereocenters. The number of benzene rings is 3. The molecule has 0 aliphatic carbocycles. The molecule has 1 unspecified atom stereocenters. The van der Waals surface area contributed by atoms with Crippen LogP contribution in [0.3, 0.4) is 0 Å². The Morgan fingerprint density at radius 2 is 1.60 bits per heavy atom. The molecule has 9 rings (SSSR count). The van der Waals surface area contributed by atoms with Crippen molar-refractivity contribution in [3.8, 4) is 11.3 Å². The summed E-state index contributed by atoms with van der Waals surface area (Å²) in [5.41, 5.74) is -0.145. The molecule has 0 saturated carbocycles. The first-order valence-corrected chi connectivity index (χ1v) is 20.7. The van der Waals surface area contributed by atoms with E-state index in [1.807, 2.05) is 30.4 Å². The minimum atomic E-state index is -3.90. The fourth-order valence-corrected chi connectivity index (χ4v) is 8.13. The summed E-state index contributed by atoms with van der Waals surface area (Å²) in [6.45, 7) is -12.4. The molecule has 0 spiro atoms. The number of hydrogen-bond acceptors (Lipinski definition) is 12. The van der Waals surface area contributed by atoms with Crippen LogP contribution >= 0.6 is 0 Å². The van der Waals surface area contributed by atoms with Crippen molar-refractivity contribution < 1.29 is 48.1 Å². The summed E-state index contributed by atoms with van der Waals surface area (Å²) in [4.78, 5) is 79.4. The van der Waals surface area contributed by atoms with Crippen molar-refractivity contribution in [2.75, 3.05) is 61.2 Å². The van der Waals surface area contributed by atoms with Crippen LogP contribution in [0.1, 0.15) is 78.9 Å². The zero-order chi connectivity index (χ0) is 52.5. The van der Waals surface area contributed by atoms with E-state index < -0.39 is 114 Å². The number of fused-ring (bicyclic) bond motifs is 1. The SMILES string of the molecule is [2H]C1([2H])N(CC2CCN(Cc3ccc(C(=O)Nc4ccc(C)c(Nc5nccc(-c6cccnc6)n5)c4)cc3)CC2)C([2H])([2H])C([2H])([2H])N(c2c(F)c(F)c3c(c2F)C(=O)N(C2CCC(=O)NC2=O)C3=O)C1([2H])[2H]. The molecule has 5 aromatic rings. The van der Waals surface area contributed by atoms with E-state index in [0.29, 0.717) is 66.0 Å². The second-order valence-corrected chi connectivity index (χ2v) is 15.9. The van der Waals surface area contributed by atoms with Crippen LogP contribution in [-0.4, -0.2) is 111 Å². The average molecular weight is 895 g/mol. The van der Waals surface area contributed by atoms with Gasteiger partial charge in [-0.25, -0.2) is 23.1 Å². The monoisotopic (exact) mass is 894 g/mol. The third-order valence-corrected chi connectivity index (χ3v) is 11.6. The maximum absolute atomic E-state index is 16.6. The largest absolute Gasteiger partial charge is 0.364 e. The van der Waals surface area contributed by atoms with Crippen molar-refractivity contribution >= 4 is 52.5 Å². The number of nitrogens with one attached hydrogen (secondary N) is 3. The Bertz CT molecular complexity index is 3050. The summed E-state index contributed by atoms with van der Waals surface area (Å²) >= 11 is 0. The fraction of sp³-hybridized carbons (Fsp3) is 0.319. The zero-order valence-corrected chi connectivity index (χ0v) is 34.6. The topological polar surface area (TPSA) is 173 Å². The number of piperidine rings is 2. The second-order valence-electron chi connectivity index (χ2n) is 15.9. The number of piperazine rings is 1. The Labute approximate surface area is 383 Å². The molecule has 3 N–H and O–H groups in total. The Morgan fingerprint density at radius 3 is 2.31 bits per heavy atom. The number of aryl methyl sites for hydroxylation is 1. The van der Waals surface area contributed by atoms with Crippen molar-refractivity contribution in [1.29, 1.82) is 0 Å². The summed E-state index contributed by atoms with van der Waals surface area (Å²) in [5.74, 6) is -12.7. The highest BCUT2D eigenvalue weighted by Crippen LogP contribution is 2.39. The molecule has 5 amide bonds. The molecule has 4 aliphatic rings. The highest BCUT2D eigenvalue weighted by atomic mass is 19.2. The van der Waals surface area contributed by atoms with E-state index in [1.54, 1.807) is 61.1 Å². The van der Waals surface area contributed by atoms with Crippen molar-refractivity contribution in [3.05, 3.63) is 125 Å². The van der Waals surface area contributed by atoms with Gasteiger partial charge in [-0.1, -0.05) is 18.2 Å². The maximum Gasteiger partial charge on any atom is 0.265 e. The highest BCUT2D eigenvalue weighted by molar-refractivity contribution is 6.24. The normalized spacial score (nSPS) is 23.4. The van der Waals surface area contributed by atoms with Gasteiger partial charge in [0.05, 0.1) is 22.3 Å². The molecule has 4 aliphatic heterocycles. The highest BCUT2D eigenvalue weighted by Gasteiger charge is 2.49. The number of carbonyl (C=O) groups excluding carboxylic acids is 5. The van der Waals surface area contributed by atoms with Crippen molar-refractivity contribution in [2.24, 2.45) is 5.92 Å². The number of halogens is 3. The van der Waals surface area contributed by atoms with Crippen LogP contribution < -0.4 is 20.9 Å². The van der Waals surface area contributed by atoms with Gasteiger partial charge in [-0.15, -0.1) is 0 Å². The van der Waals surface area contributed by atoms with Gasteiger partial charge < -0.3 is 15.5 Å². The standard InChI is InChI=1S/C47H45F3N10O5/c1-27-4-9-32(23-34(27)55-47-52-16-12-33(54-47)31-3-2-15-51-24-31)53-43(62)30-7-5-28(6-8-30)25-57-17-13-29(14-18-57)26-58-19-21-59(22-20-58)42-40(49)38-37(39(48)41(42)50)45(64)60(46(38)65)35-10-11-36(61)56-44(35)63/h2-9,12,15-16,23-24,29,35H,10-11,13-14,17-22,25-26H2,1H3,(H,53,62)(H,52,54,55)(H,56,61,63)/i19D2,20D2,21D2,22D2. The number of carbonyl (C=O) groups is 5. The molecule has 0 radical (unpaired) electrons. The Morgan fingerprint density at radius 1 is 0.862 bits per heavy atom. The Kier molecular flexibility index (Phi) is 9.63. The molecule has 0 bridgehead atoms. The lowest BCUT2D eigenvalue weighted by atomic mass is 9.95. The van der Waals surface area contributed by atoms with Gasteiger partial charge in [-0.2, -0.15) is 0 Å². The third kappa shape index (κ3) is 8.91. The number of rotatable bonds is 11. The minimum absolute atomic E-state index is 0.106. The van der Waals surface area contributed by atoms with Crippen molar-refractivity contribution in [2.45, 2.75) is 45.2 Å². The van der Waals surface area contributed by atoms with Crippen LogP contribution in [0.15, 0.2) is 79.3 Å². The minimum Gasteiger partial charge on any atom is -0.364 e. The predicted octanol–water partition coefficient (Wildman–Crippen LogP) is 5.70. The van der Waals surface area contributed by atoms with E-state index in [-0.39, 0.29) is 17.2 Å². The quantitative estimate of drug-likeness (QED) is 0.109. The van der Waals surface area contributed by atoms with E-state index in [0.717, 1.165) is 16.7 Å². The number of hydrogen-bond donors (Lipinski definition) is 3. The summed E-state index contributed by atoms with van der Waals surface area (Å²) in [6, 6.07) is 16.1. The zero-order valence-electron chi connectivity index (χ0n) is 42.6.